The summed E-state index contributed by atoms with van der Waals surface area (Å²) in [6.07, 6.45) is 0.921. The third kappa shape index (κ3) is 4.24. The Morgan fingerprint density at radius 2 is 2.16 bits per heavy atom. The van der Waals surface area contributed by atoms with Crippen LogP contribution in [-0.2, 0) is 0 Å². The molecular formula is C14H21BrFN3. The van der Waals surface area contributed by atoms with Crippen LogP contribution in [-0.4, -0.2) is 44.7 Å². The lowest BCUT2D eigenvalue weighted by atomic mass is 10.0. The number of nitrogens with zero attached hydrogens (tertiary/aromatic N) is 1. The first-order valence-corrected chi connectivity index (χ1v) is 7.55. The van der Waals surface area contributed by atoms with Crippen LogP contribution in [0.15, 0.2) is 22.7 Å². The molecule has 2 N–H and O–H groups in total. The maximum Gasteiger partial charge on any atom is 0.128 e. The minimum atomic E-state index is -0.136. The van der Waals surface area contributed by atoms with Crippen molar-refractivity contribution in [1.29, 1.82) is 0 Å². The zero-order chi connectivity index (χ0) is 13.7. The molecule has 1 saturated heterocycles. The van der Waals surface area contributed by atoms with Crippen LogP contribution >= 0.6 is 15.9 Å². The van der Waals surface area contributed by atoms with E-state index >= 15 is 0 Å². The average Bonchev–Trinajstić information content (AvgIpc) is 2.44. The predicted octanol–water partition coefficient (Wildman–Crippen LogP) is 2.14. The van der Waals surface area contributed by atoms with E-state index in [1.165, 1.54) is 6.07 Å². The first kappa shape index (κ1) is 14.9. The van der Waals surface area contributed by atoms with Gasteiger partial charge in [-0.05, 0) is 31.7 Å². The van der Waals surface area contributed by atoms with E-state index in [-0.39, 0.29) is 11.9 Å². The second kappa shape index (κ2) is 7.33. The van der Waals surface area contributed by atoms with Gasteiger partial charge in [0, 0.05) is 48.8 Å². The number of piperazine rings is 1. The van der Waals surface area contributed by atoms with Gasteiger partial charge in [-0.1, -0.05) is 15.9 Å². The van der Waals surface area contributed by atoms with Crippen molar-refractivity contribution in [2.45, 2.75) is 12.5 Å². The molecule has 1 aliphatic heterocycles. The van der Waals surface area contributed by atoms with Crippen molar-refractivity contribution >= 4 is 15.9 Å². The maximum absolute atomic E-state index is 13.9. The average molecular weight is 330 g/mol. The quantitative estimate of drug-likeness (QED) is 0.866. The van der Waals surface area contributed by atoms with Gasteiger partial charge in [0.1, 0.15) is 5.82 Å². The summed E-state index contributed by atoms with van der Waals surface area (Å²) in [4.78, 5) is 2.43. The monoisotopic (exact) mass is 329 g/mol. The third-order valence-corrected chi connectivity index (χ3v) is 4.12. The van der Waals surface area contributed by atoms with E-state index in [4.69, 9.17) is 0 Å². The summed E-state index contributed by atoms with van der Waals surface area (Å²) < 4.78 is 14.8. The molecule has 0 amide bonds. The molecule has 1 aliphatic rings. The van der Waals surface area contributed by atoms with Gasteiger partial charge in [-0.15, -0.1) is 0 Å². The molecule has 1 atom stereocenters. The lowest BCUT2D eigenvalue weighted by molar-refractivity contribution is 0.229. The molecule has 106 valence electrons. The molecule has 1 aromatic rings. The van der Waals surface area contributed by atoms with Crippen LogP contribution in [0.5, 0.6) is 0 Å². The number of hydrogen-bond acceptors (Lipinski definition) is 3. The van der Waals surface area contributed by atoms with E-state index in [1.54, 1.807) is 6.07 Å². The number of nitrogens with one attached hydrogen (secondary N) is 2. The van der Waals surface area contributed by atoms with Crippen LogP contribution < -0.4 is 10.6 Å². The molecule has 5 heteroatoms. The van der Waals surface area contributed by atoms with Crippen molar-refractivity contribution in [3.8, 4) is 0 Å². The molecule has 1 unspecified atom stereocenters. The van der Waals surface area contributed by atoms with Crippen molar-refractivity contribution < 1.29 is 4.39 Å². The van der Waals surface area contributed by atoms with E-state index in [9.17, 15) is 4.39 Å². The summed E-state index contributed by atoms with van der Waals surface area (Å²) in [5.74, 6) is -0.136. The predicted molar refractivity (Wildman–Crippen MR) is 79.8 cm³/mol. The molecule has 1 fully saturated rings. The minimum absolute atomic E-state index is 0.0624. The molecule has 2 rings (SSSR count). The van der Waals surface area contributed by atoms with E-state index in [0.29, 0.717) is 0 Å². The summed E-state index contributed by atoms with van der Waals surface area (Å²) in [6, 6.07) is 5.19. The first-order chi connectivity index (χ1) is 9.20. The van der Waals surface area contributed by atoms with Crippen LogP contribution in [0.2, 0.25) is 0 Å². The van der Waals surface area contributed by atoms with E-state index in [2.05, 4.69) is 31.5 Å². The Labute approximate surface area is 122 Å². The molecule has 0 spiro atoms. The van der Waals surface area contributed by atoms with Crippen LogP contribution in [0.3, 0.4) is 0 Å². The Morgan fingerprint density at radius 3 is 2.84 bits per heavy atom. The molecule has 19 heavy (non-hydrogen) atoms. The van der Waals surface area contributed by atoms with Gasteiger partial charge < -0.3 is 15.5 Å². The van der Waals surface area contributed by atoms with Gasteiger partial charge in [0.05, 0.1) is 0 Å². The molecule has 1 heterocycles. The van der Waals surface area contributed by atoms with Crippen molar-refractivity contribution in [2.24, 2.45) is 0 Å². The van der Waals surface area contributed by atoms with Gasteiger partial charge in [-0.3, -0.25) is 0 Å². The molecule has 3 nitrogen and oxygen atoms in total. The number of hydrogen-bond donors (Lipinski definition) is 2. The highest BCUT2D eigenvalue weighted by molar-refractivity contribution is 9.10. The van der Waals surface area contributed by atoms with Crippen molar-refractivity contribution in [3.05, 3.63) is 34.1 Å². The van der Waals surface area contributed by atoms with Gasteiger partial charge in [0.15, 0.2) is 0 Å². The van der Waals surface area contributed by atoms with Crippen LogP contribution in [0.25, 0.3) is 0 Å². The SMILES string of the molecule is CNC(CCN1CCNCC1)c1cc(Br)ccc1F. The van der Waals surface area contributed by atoms with Crippen molar-refractivity contribution in [1.82, 2.24) is 15.5 Å². The smallest absolute Gasteiger partial charge is 0.128 e. The Balaban J connectivity index is 1.97. The highest BCUT2D eigenvalue weighted by Crippen LogP contribution is 2.24. The molecule has 0 radical (unpaired) electrons. The molecule has 0 bridgehead atoms. The minimum Gasteiger partial charge on any atom is -0.314 e. The second-order valence-corrected chi connectivity index (χ2v) is 5.80. The summed E-state index contributed by atoms with van der Waals surface area (Å²) >= 11 is 3.41. The Bertz CT molecular complexity index is 408. The Morgan fingerprint density at radius 1 is 1.42 bits per heavy atom. The van der Waals surface area contributed by atoms with Crippen LogP contribution in [0.1, 0.15) is 18.0 Å². The van der Waals surface area contributed by atoms with Crippen molar-refractivity contribution in [3.63, 3.8) is 0 Å². The zero-order valence-electron chi connectivity index (χ0n) is 11.3. The Hall–Kier alpha value is -0.490. The molecule has 0 aromatic heterocycles. The fourth-order valence-electron chi connectivity index (χ4n) is 2.48. The molecular weight excluding hydrogens is 309 g/mol. The fraction of sp³-hybridized carbons (Fsp3) is 0.571. The Kier molecular flexibility index (Phi) is 5.76. The third-order valence-electron chi connectivity index (χ3n) is 3.63. The largest absolute Gasteiger partial charge is 0.314 e. The highest BCUT2D eigenvalue weighted by Gasteiger charge is 2.17. The lowest BCUT2D eigenvalue weighted by Gasteiger charge is -2.29. The van der Waals surface area contributed by atoms with E-state index in [1.807, 2.05) is 13.1 Å². The highest BCUT2D eigenvalue weighted by atomic mass is 79.9. The molecule has 0 saturated carbocycles. The summed E-state index contributed by atoms with van der Waals surface area (Å²) in [6.45, 7) is 5.26. The topological polar surface area (TPSA) is 27.3 Å². The number of halogens is 2. The normalized spacial score (nSPS) is 18.5. The summed E-state index contributed by atoms with van der Waals surface area (Å²) in [7, 11) is 1.89. The number of benzene rings is 1. The second-order valence-electron chi connectivity index (χ2n) is 4.89. The maximum atomic E-state index is 13.9. The fourth-order valence-corrected chi connectivity index (χ4v) is 2.86. The van der Waals surface area contributed by atoms with Crippen LogP contribution in [0.4, 0.5) is 4.39 Å². The van der Waals surface area contributed by atoms with E-state index < -0.39 is 0 Å². The zero-order valence-corrected chi connectivity index (χ0v) is 12.8. The molecule has 0 aliphatic carbocycles. The first-order valence-electron chi connectivity index (χ1n) is 6.76. The van der Waals surface area contributed by atoms with Crippen LogP contribution in [0, 0.1) is 5.82 Å². The number of rotatable bonds is 5. The van der Waals surface area contributed by atoms with Gasteiger partial charge in [0.25, 0.3) is 0 Å². The van der Waals surface area contributed by atoms with Crippen molar-refractivity contribution in [2.75, 3.05) is 39.8 Å². The lowest BCUT2D eigenvalue weighted by Crippen LogP contribution is -2.44. The van der Waals surface area contributed by atoms with Gasteiger partial charge in [-0.25, -0.2) is 4.39 Å². The van der Waals surface area contributed by atoms with Gasteiger partial charge in [-0.2, -0.15) is 0 Å². The molecule has 1 aromatic carbocycles. The van der Waals surface area contributed by atoms with E-state index in [0.717, 1.165) is 49.2 Å². The van der Waals surface area contributed by atoms with Gasteiger partial charge in [0.2, 0.25) is 0 Å². The standard InChI is InChI=1S/C14H21BrFN3/c1-17-14(4-7-19-8-5-18-6-9-19)12-10-11(15)2-3-13(12)16/h2-3,10,14,17-18H,4-9H2,1H3. The van der Waals surface area contributed by atoms with Gasteiger partial charge >= 0.3 is 0 Å². The summed E-state index contributed by atoms with van der Waals surface area (Å²) in [5, 5.41) is 6.56. The summed E-state index contributed by atoms with van der Waals surface area (Å²) in [5.41, 5.74) is 0.743.